The van der Waals surface area contributed by atoms with Gasteiger partial charge in [0.15, 0.2) is 5.69 Å². The molecular formula is C18H21ClN4O2. The van der Waals surface area contributed by atoms with E-state index in [4.69, 9.17) is 11.6 Å². The van der Waals surface area contributed by atoms with E-state index < -0.39 is 0 Å². The first-order valence-electron chi connectivity index (χ1n) is 8.40. The van der Waals surface area contributed by atoms with Crippen LogP contribution in [0.15, 0.2) is 30.3 Å². The van der Waals surface area contributed by atoms with Crippen molar-refractivity contribution in [3.8, 4) is 0 Å². The molecule has 1 aromatic carbocycles. The minimum atomic E-state index is -0.242. The Morgan fingerprint density at radius 3 is 2.72 bits per heavy atom. The molecule has 1 aliphatic rings. The Kier molecular flexibility index (Phi) is 5.08. The van der Waals surface area contributed by atoms with Gasteiger partial charge in [-0.2, -0.15) is 5.10 Å². The number of nitrogens with zero attached hydrogens (tertiary/aromatic N) is 3. The summed E-state index contributed by atoms with van der Waals surface area (Å²) in [5, 5.41) is 7.83. The van der Waals surface area contributed by atoms with E-state index >= 15 is 0 Å². The lowest BCUT2D eigenvalue weighted by atomic mass is 10.2. The zero-order valence-electron chi connectivity index (χ0n) is 14.3. The molecule has 0 saturated heterocycles. The molecule has 0 fully saturated rings. The van der Waals surface area contributed by atoms with Gasteiger partial charge in [-0.25, -0.2) is 0 Å². The SMILES string of the molecule is CCC(C)NC(=O)c1cc2n(n1)CCN(Cc1ccc(Cl)cc1)C2=O. The predicted octanol–water partition coefficient (Wildman–Crippen LogP) is 2.72. The van der Waals surface area contributed by atoms with Crippen molar-refractivity contribution in [2.45, 2.75) is 39.4 Å². The molecule has 1 atom stereocenters. The van der Waals surface area contributed by atoms with Crippen LogP contribution in [-0.4, -0.2) is 39.1 Å². The number of carbonyl (C=O) groups is 2. The summed E-state index contributed by atoms with van der Waals surface area (Å²) in [5.74, 6) is -0.357. The van der Waals surface area contributed by atoms with E-state index in [1.165, 1.54) is 0 Å². The second-order valence-corrected chi connectivity index (χ2v) is 6.71. The first-order chi connectivity index (χ1) is 12.0. The Morgan fingerprint density at radius 2 is 2.04 bits per heavy atom. The predicted molar refractivity (Wildman–Crippen MR) is 95.6 cm³/mol. The van der Waals surface area contributed by atoms with Crippen molar-refractivity contribution in [1.82, 2.24) is 20.0 Å². The molecular weight excluding hydrogens is 340 g/mol. The van der Waals surface area contributed by atoms with Gasteiger partial charge in [0.05, 0.1) is 6.54 Å². The molecule has 2 heterocycles. The molecule has 0 spiro atoms. The van der Waals surface area contributed by atoms with Crippen LogP contribution in [0.2, 0.25) is 5.02 Å². The van der Waals surface area contributed by atoms with Crippen LogP contribution in [0.25, 0.3) is 0 Å². The number of halogens is 1. The first kappa shape index (κ1) is 17.5. The number of hydrogen-bond donors (Lipinski definition) is 1. The average Bonchev–Trinajstić information content (AvgIpc) is 3.04. The van der Waals surface area contributed by atoms with E-state index in [0.717, 1.165) is 12.0 Å². The Balaban J connectivity index is 1.74. The van der Waals surface area contributed by atoms with E-state index in [1.807, 2.05) is 38.1 Å². The van der Waals surface area contributed by atoms with Crippen molar-refractivity contribution in [3.63, 3.8) is 0 Å². The molecule has 25 heavy (non-hydrogen) atoms. The fraction of sp³-hybridized carbons (Fsp3) is 0.389. The summed E-state index contributed by atoms with van der Waals surface area (Å²) in [5.41, 5.74) is 1.76. The lowest BCUT2D eigenvalue weighted by molar-refractivity contribution is 0.0683. The Labute approximate surface area is 151 Å². The molecule has 1 N–H and O–H groups in total. The maximum Gasteiger partial charge on any atom is 0.272 e. The molecule has 6 nitrogen and oxygen atoms in total. The normalized spacial score (nSPS) is 15.0. The van der Waals surface area contributed by atoms with Crippen molar-refractivity contribution < 1.29 is 9.59 Å². The molecule has 132 valence electrons. The van der Waals surface area contributed by atoms with Crippen LogP contribution in [0, 0.1) is 0 Å². The standard InChI is InChI=1S/C18H21ClN4O2/c1-3-12(2)20-17(24)15-10-16-18(25)22(8-9-23(16)21-15)11-13-4-6-14(19)7-5-13/h4-7,10,12H,3,8-9,11H2,1-2H3,(H,20,24). The Hall–Kier alpha value is -2.34. The van der Waals surface area contributed by atoms with Crippen LogP contribution in [0.3, 0.4) is 0 Å². The van der Waals surface area contributed by atoms with Crippen LogP contribution in [0.5, 0.6) is 0 Å². The van der Waals surface area contributed by atoms with Gasteiger partial charge >= 0.3 is 0 Å². The third-order valence-electron chi connectivity index (χ3n) is 4.38. The maximum absolute atomic E-state index is 12.7. The summed E-state index contributed by atoms with van der Waals surface area (Å²) in [4.78, 5) is 26.7. The molecule has 0 bridgehead atoms. The molecule has 0 aliphatic carbocycles. The van der Waals surface area contributed by atoms with Crippen molar-refractivity contribution in [3.05, 3.63) is 52.3 Å². The van der Waals surface area contributed by atoms with Crippen LogP contribution in [0.1, 0.15) is 46.8 Å². The number of amides is 2. The minimum absolute atomic E-state index is 0.0725. The van der Waals surface area contributed by atoms with Crippen molar-refractivity contribution in [1.29, 1.82) is 0 Å². The number of aromatic nitrogens is 2. The maximum atomic E-state index is 12.7. The lowest BCUT2D eigenvalue weighted by Crippen LogP contribution is -2.39. The summed E-state index contributed by atoms with van der Waals surface area (Å²) in [6.07, 6.45) is 0.840. The monoisotopic (exact) mass is 360 g/mol. The van der Waals surface area contributed by atoms with E-state index in [-0.39, 0.29) is 23.6 Å². The third-order valence-corrected chi connectivity index (χ3v) is 4.63. The molecule has 7 heteroatoms. The van der Waals surface area contributed by atoms with Gasteiger partial charge in [0.25, 0.3) is 11.8 Å². The minimum Gasteiger partial charge on any atom is -0.348 e. The van der Waals surface area contributed by atoms with Gasteiger partial charge in [0.1, 0.15) is 5.69 Å². The highest BCUT2D eigenvalue weighted by Crippen LogP contribution is 2.18. The molecule has 3 rings (SSSR count). The smallest absolute Gasteiger partial charge is 0.272 e. The lowest BCUT2D eigenvalue weighted by Gasteiger charge is -2.27. The molecule has 2 amide bonds. The van der Waals surface area contributed by atoms with E-state index in [2.05, 4.69) is 10.4 Å². The second kappa shape index (κ2) is 7.27. The van der Waals surface area contributed by atoms with Crippen LogP contribution in [0.4, 0.5) is 0 Å². The number of fused-ring (bicyclic) bond motifs is 1. The van der Waals surface area contributed by atoms with Gasteiger partial charge in [-0.1, -0.05) is 30.7 Å². The molecule has 1 aliphatic heterocycles. The summed E-state index contributed by atoms with van der Waals surface area (Å²) in [6.45, 7) is 5.58. The zero-order valence-corrected chi connectivity index (χ0v) is 15.1. The van der Waals surface area contributed by atoms with Gasteiger partial charge < -0.3 is 10.2 Å². The molecule has 1 unspecified atom stereocenters. The van der Waals surface area contributed by atoms with E-state index in [1.54, 1.807) is 15.6 Å². The fourth-order valence-corrected chi connectivity index (χ4v) is 2.84. The second-order valence-electron chi connectivity index (χ2n) is 6.27. The quantitative estimate of drug-likeness (QED) is 0.891. The highest BCUT2D eigenvalue weighted by Gasteiger charge is 2.28. The van der Waals surface area contributed by atoms with Crippen molar-refractivity contribution in [2.75, 3.05) is 6.54 Å². The molecule has 2 aromatic rings. The molecule has 0 radical (unpaired) electrons. The van der Waals surface area contributed by atoms with Gasteiger partial charge in [-0.15, -0.1) is 0 Å². The summed E-state index contributed by atoms with van der Waals surface area (Å²) in [7, 11) is 0. The van der Waals surface area contributed by atoms with Gasteiger partial charge in [-0.05, 0) is 31.0 Å². The van der Waals surface area contributed by atoms with E-state index in [0.29, 0.717) is 30.4 Å². The van der Waals surface area contributed by atoms with Gasteiger partial charge in [0, 0.05) is 30.2 Å². The number of rotatable bonds is 5. The largest absolute Gasteiger partial charge is 0.348 e. The van der Waals surface area contributed by atoms with Crippen LogP contribution < -0.4 is 5.32 Å². The highest BCUT2D eigenvalue weighted by molar-refractivity contribution is 6.30. The number of benzene rings is 1. The van der Waals surface area contributed by atoms with Gasteiger partial charge in [-0.3, -0.25) is 14.3 Å². The van der Waals surface area contributed by atoms with Gasteiger partial charge in [0.2, 0.25) is 0 Å². The summed E-state index contributed by atoms with van der Waals surface area (Å²) < 4.78 is 1.62. The zero-order chi connectivity index (χ0) is 18.0. The summed E-state index contributed by atoms with van der Waals surface area (Å²) >= 11 is 5.90. The Bertz CT molecular complexity index is 785. The molecule has 0 saturated carbocycles. The van der Waals surface area contributed by atoms with Crippen LogP contribution >= 0.6 is 11.6 Å². The number of hydrogen-bond acceptors (Lipinski definition) is 3. The average molecular weight is 361 g/mol. The first-order valence-corrected chi connectivity index (χ1v) is 8.78. The Morgan fingerprint density at radius 1 is 1.32 bits per heavy atom. The van der Waals surface area contributed by atoms with Crippen LogP contribution in [-0.2, 0) is 13.1 Å². The van der Waals surface area contributed by atoms with Crippen molar-refractivity contribution >= 4 is 23.4 Å². The summed E-state index contributed by atoms with van der Waals surface area (Å²) in [6, 6.07) is 9.09. The number of nitrogens with one attached hydrogen (secondary N) is 1. The fourth-order valence-electron chi connectivity index (χ4n) is 2.71. The molecule has 1 aromatic heterocycles. The highest BCUT2D eigenvalue weighted by atomic mass is 35.5. The van der Waals surface area contributed by atoms with E-state index in [9.17, 15) is 9.59 Å². The van der Waals surface area contributed by atoms with Crippen molar-refractivity contribution in [2.24, 2.45) is 0 Å². The number of carbonyl (C=O) groups excluding carboxylic acids is 2. The third kappa shape index (κ3) is 3.85. The topological polar surface area (TPSA) is 67.2 Å².